The van der Waals surface area contributed by atoms with Gasteiger partial charge in [-0.3, -0.25) is 9.59 Å². The van der Waals surface area contributed by atoms with Gasteiger partial charge in [0, 0.05) is 30.5 Å². The van der Waals surface area contributed by atoms with Crippen molar-refractivity contribution in [1.82, 2.24) is 9.78 Å². The van der Waals surface area contributed by atoms with Crippen LogP contribution in [0.1, 0.15) is 18.2 Å². The SMILES string of the molecule is COCc1nn2c(c1-c1ccccc1)NC(=O)C2CC(=O)Nc1cc(OC)c(OC)c(OC)c1. The van der Waals surface area contributed by atoms with Gasteiger partial charge >= 0.3 is 0 Å². The normalized spacial score (nSPS) is 14.4. The Morgan fingerprint density at radius 1 is 1.06 bits per heavy atom. The molecule has 1 unspecified atom stereocenters. The van der Waals surface area contributed by atoms with Gasteiger partial charge in [-0.1, -0.05) is 30.3 Å². The average molecular weight is 466 g/mol. The topological polar surface area (TPSA) is 113 Å². The molecular formula is C24H26N4O6. The first kappa shape index (κ1) is 23.1. The van der Waals surface area contributed by atoms with E-state index in [-0.39, 0.29) is 24.8 Å². The smallest absolute Gasteiger partial charge is 0.251 e. The summed E-state index contributed by atoms with van der Waals surface area (Å²) in [6.07, 6.45) is -0.113. The lowest BCUT2D eigenvalue weighted by molar-refractivity contribution is -0.123. The van der Waals surface area contributed by atoms with Crippen LogP contribution in [0.15, 0.2) is 42.5 Å². The van der Waals surface area contributed by atoms with E-state index in [9.17, 15) is 9.59 Å². The van der Waals surface area contributed by atoms with E-state index in [4.69, 9.17) is 18.9 Å². The van der Waals surface area contributed by atoms with E-state index in [1.54, 1.807) is 23.9 Å². The minimum Gasteiger partial charge on any atom is -0.493 e. The van der Waals surface area contributed by atoms with Crippen LogP contribution in [0.4, 0.5) is 11.5 Å². The number of methoxy groups -OCH3 is 4. The monoisotopic (exact) mass is 466 g/mol. The predicted molar refractivity (Wildman–Crippen MR) is 125 cm³/mol. The highest BCUT2D eigenvalue weighted by Crippen LogP contribution is 2.41. The summed E-state index contributed by atoms with van der Waals surface area (Å²) >= 11 is 0. The largest absolute Gasteiger partial charge is 0.493 e. The number of carbonyl (C=O) groups is 2. The Morgan fingerprint density at radius 2 is 1.74 bits per heavy atom. The summed E-state index contributed by atoms with van der Waals surface area (Å²) in [7, 11) is 6.07. The Labute approximate surface area is 196 Å². The maximum atomic E-state index is 12.9. The number of carbonyl (C=O) groups excluding carboxylic acids is 2. The van der Waals surface area contributed by atoms with Gasteiger partial charge in [0.15, 0.2) is 11.5 Å². The van der Waals surface area contributed by atoms with Crippen molar-refractivity contribution >= 4 is 23.3 Å². The van der Waals surface area contributed by atoms with Crippen molar-refractivity contribution in [3.8, 4) is 28.4 Å². The van der Waals surface area contributed by atoms with Gasteiger partial charge in [0.1, 0.15) is 11.9 Å². The highest BCUT2D eigenvalue weighted by atomic mass is 16.5. The van der Waals surface area contributed by atoms with Gasteiger partial charge in [-0.05, 0) is 5.56 Å². The summed E-state index contributed by atoms with van der Waals surface area (Å²) in [5.41, 5.74) is 2.81. The highest BCUT2D eigenvalue weighted by molar-refractivity contribution is 6.04. The summed E-state index contributed by atoms with van der Waals surface area (Å²) in [5.74, 6) is 1.10. The Hall–Kier alpha value is -4.05. The van der Waals surface area contributed by atoms with Gasteiger partial charge < -0.3 is 29.6 Å². The number of aromatic nitrogens is 2. The first-order valence-electron chi connectivity index (χ1n) is 10.6. The maximum absolute atomic E-state index is 12.9. The third kappa shape index (κ3) is 4.27. The molecule has 3 aromatic rings. The van der Waals surface area contributed by atoms with E-state index < -0.39 is 6.04 Å². The van der Waals surface area contributed by atoms with Gasteiger partial charge in [0.25, 0.3) is 5.91 Å². The number of nitrogens with zero attached hydrogens (tertiary/aromatic N) is 2. The number of hydrogen-bond acceptors (Lipinski definition) is 7. The molecule has 4 rings (SSSR count). The van der Waals surface area contributed by atoms with Crippen LogP contribution in [-0.4, -0.2) is 50.0 Å². The average Bonchev–Trinajstić information content (AvgIpc) is 3.33. The highest BCUT2D eigenvalue weighted by Gasteiger charge is 2.37. The molecule has 1 aliphatic rings. The molecule has 0 saturated heterocycles. The van der Waals surface area contributed by atoms with Crippen molar-refractivity contribution in [2.75, 3.05) is 39.1 Å². The number of nitrogens with one attached hydrogen (secondary N) is 2. The minimum atomic E-state index is -0.801. The number of amides is 2. The molecule has 2 heterocycles. The molecule has 10 nitrogen and oxygen atoms in total. The molecule has 34 heavy (non-hydrogen) atoms. The molecule has 0 fully saturated rings. The fraction of sp³-hybridized carbons (Fsp3) is 0.292. The van der Waals surface area contributed by atoms with Gasteiger partial charge in [-0.2, -0.15) is 5.10 Å². The van der Waals surface area contributed by atoms with Gasteiger partial charge in [-0.15, -0.1) is 0 Å². The Kier molecular flexibility index (Phi) is 6.69. The summed E-state index contributed by atoms with van der Waals surface area (Å²) < 4.78 is 22.8. The van der Waals surface area contributed by atoms with Crippen molar-refractivity contribution in [3.63, 3.8) is 0 Å². The van der Waals surface area contributed by atoms with Gasteiger partial charge in [0.2, 0.25) is 11.7 Å². The second-order valence-corrected chi connectivity index (χ2v) is 7.59. The van der Waals surface area contributed by atoms with Crippen molar-refractivity contribution in [2.24, 2.45) is 0 Å². The molecule has 2 amide bonds. The van der Waals surface area contributed by atoms with E-state index in [0.717, 1.165) is 11.1 Å². The first-order valence-corrected chi connectivity index (χ1v) is 10.6. The first-order chi connectivity index (χ1) is 16.5. The van der Waals surface area contributed by atoms with E-state index in [2.05, 4.69) is 15.7 Å². The van der Waals surface area contributed by atoms with Crippen LogP contribution in [0.2, 0.25) is 0 Å². The molecule has 1 aromatic heterocycles. The van der Waals surface area contributed by atoms with E-state index in [0.29, 0.717) is 34.4 Å². The predicted octanol–water partition coefficient (Wildman–Crippen LogP) is 3.24. The van der Waals surface area contributed by atoms with Gasteiger partial charge in [-0.25, -0.2) is 4.68 Å². The second-order valence-electron chi connectivity index (χ2n) is 7.59. The molecule has 0 bridgehead atoms. The van der Waals surface area contributed by atoms with Crippen molar-refractivity contribution in [3.05, 3.63) is 48.2 Å². The molecule has 0 saturated carbocycles. The van der Waals surface area contributed by atoms with Crippen LogP contribution >= 0.6 is 0 Å². The fourth-order valence-corrected chi connectivity index (χ4v) is 4.00. The third-order valence-electron chi connectivity index (χ3n) is 5.49. The molecule has 0 radical (unpaired) electrons. The second kappa shape index (κ2) is 9.84. The summed E-state index contributed by atoms with van der Waals surface area (Å²) in [6, 6.07) is 12.1. The lowest BCUT2D eigenvalue weighted by atomic mass is 10.1. The summed E-state index contributed by atoms with van der Waals surface area (Å²) in [5, 5.41) is 10.3. The van der Waals surface area contributed by atoms with Crippen LogP contribution in [-0.2, 0) is 20.9 Å². The number of ether oxygens (including phenoxy) is 4. The molecular weight excluding hydrogens is 440 g/mol. The number of benzene rings is 2. The van der Waals surface area contributed by atoms with Crippen LogP contribution in [0.3, 0.4) is 0 Å². The molecule has 10 heteroatoms. The zero-order valence-corrected chi connectivity index (χ0v) is 19.4. The fourth-order valence-electron chi connectivity index (χ4n) is 4.00. The molecule has 0 aliphatic carbocycles. The minimum absolute atomic E-state index is 0.113. The zero-order valence-electron chi connectivity index (χ0n) is 19.4. The van der Waals surface area contributed by atoms with Crippen molar-refractivity contribution in [2.45, 2.75) is 19.1 Å². The zero-order chi connectivity index (χ0) is 24.2. The molecule has 2 N–H and O–H groups in total. The molecule has 0 spiro atoms. The van der Waals surface area contributed by atoms with Crippen LogP contribution in [0, 0.1) is 0 Å². The Morgan fingerprint density at radius 3 is 2.32 bits per heavy atom. The molecule has 1 aliphatic heterocycles. The molecule has 1 atom stereocenters. The number of anilines is 2. The molecule has 2 aromatic carbocycles. The van der Waals surface area contributed by atoms with E-state index >= 15 is 0 Å². The number of fused-ring (bicyclic) bond motifs is 1. The lowest BCUT2D eigenvalue weighted by Crippen LogP contribution is -2.24. The maximum Gasteiger partial charge on any atom is 0.251 e. The number of hydrogen-bond donors (Lipinski definition) is 2. The number of rotatable bonds is 9. The quantitative estimate of drug-likeness (QED) is 0.498. The van der Waals surface area contributed by atoms with Gasteiger partial charge in [0.05, 0.1) is 40.1 Å². The summed E-state index contributed by atoms with van der Waals surface area (Å²) in [6.45, 7) is 0.268. The lowest BCUT2D eigenvalue weighted by Gasteiger charge is -2.15. The molecule has 178 valence electrons. The van der Waals surface area contributed by atoms with Crippen molar-refractivity contribution < 1.29 is 28.5 Å². The van der Waals surface area contributed by atoms with Crippen LogP contribution < -0.4 is 24.8 Å². The Balaban J connectivity index is 1.60. The summed E-state index contributed by atoms with van der Waals surface area (Å²) in [4.78, 5) is 25.7. The van der Waals surface area contributed by atoms with Crippen LogP contribution in [0.25, 0.3) is 11.1 Å². The van der Waals surface area contributed by atoms with E-state index in [1.807, 2.05) is 30.3 Å². The van der Waals surface area contributed by atoms with Crippen molar-refractivity contribution in [1.29, 1.82) is 0 Å². The third-order valence-corrected chi connectivity index (χ3v) is 5.49. The van der Waals surface area contributed by atoms with Crippen LogP contribution in [0.5, 0.6) is 17.2 Å². The Bertz CT molecular complexity index is 1180. The standard InChI is InChI=1S/C24H26N4O6/c1-31-13-16-21(14-8-6-5-7-9-14)23-26-24(30)17(28(23)27-16)12-20(29)25-15-10-18(32-2)22(34-4)19(11-15)33-3/h5-11,17H,12-13H2,1-4H3,(H,25,29)(H,26,30). The van der Waals surface area contributed by atoms with E-state index in [1.165, 1.54) is 21.3 Å².